The van der Waals surface area contributed by atoms with Crippen LogP contribution < -0.4 is 5.73 Å². The van der Waals surface area contributed by atoms with Crippen molar-refractivity contribution >= 4 is 5.69 Å². The van der Waals surface area contributed by atoms with Crippen LogP contribution in [0.15, 0.2) is 22.7 Å². The zero-order valence-corrected chi connectivity index (χ0v) is 11.2. The van der Waals surface area contributed by atoms with Gasteiger partial charge in [0.25, 0.3) is 5.89 Å². The lowest BCUT2D eigenvalue weighted by Gasteiger charge is -2.11. The number of aromatic nitrogens is 2. The zero-order valence-electron chi connectivity index (χ0n) is 11.2. The molecule has 0 saturated heterocycles. The first-order valence-corrected chi connectivity index (χ1v) is 5.90. The minimum atomic E-state index is -4.45. The highest BCUT2D eigenvalue weighted by atomic mass is 19.4. The molecule has 2 rings (SSSR count). The van der Waals surface area contributed by atoms with E-state index < -0.39 is 11.7 Å². The number of halogens is 3. The molecule has 0 saturated carbocycles. The molecule has 1 aromatic carbocycles. The molecule has 0 bridgehead atoms. The monoisotopic (exact) mass is 285 g/mol. The van der Waals surface area contributed by atoms with Crippen molar-refractivity contribution in [2.24, 2.45) is 0 Å². The van der Waals surface area contributed by atoms with Crippen LogP contribution in [0.3, 0.4) is 0 Å². The number of alkyl halides is 3. The highest BCUT2D eigenvalue weighted by Crippen LogP contribution is 2.35. The molecule has 2 aromatic rings. The summed E-state index contributed by atoms with van der Waals surface area (Å²) in [6.45, 7) is 5.62. The third-order valence-corrected chi connectivity index (χ3v) is 2.71. The Hall–Kier alpha value is -2.05. The van der Waals surface area contributed by atoms with Crippen LogP contribution in [0.25, 0.3) is 11.5 Å². The Balaban J connectivity index is 2.50. The first kappa shape index (κ1) is 14.4. The fraction of sp³-hybridized carbons (Fsp3) is 0.385. The first-order valence-electron chi connectivity index (χ1n) is 5.90. The van der Waals surface area contributed by atoms with Gasteiger partial charge in [-0.1, -0.05) is 25.9 Å². The predicted molar refractivity (Wildman–Crippen MR) is 67.8 cm³/mol. The third-order valence-electron chi connectivity index (χ3n) is 2.71. The fourth-order valence-electron chi connectivity index (χ4n) is 1.56. The van der Waals surface area contributed by atoms with Crippen molar-refractivity contribution in [2.75, 3.05) is 5.73 Å². The average Bonchev–Trinajstić information content (AvgIpc) is 2.76. The Kier molecular flexibility index (Phi) is 3.23. The summed E-state index contributed by atoms with van der Waals surface area (Å²) in [5.41, 5.74) is 4.76. The number of rotatable bonds is 1. The van der Waals surface area contributed by atoms with Gasteiger partial charge in [-0.2, -0.15) is 18.2 Å². The van der Waals surface area contributed by atoms with Crippen molar-refractivity contribution in [2.45, 2.75) is 32.4 Å². The van der Waals surface area contributed by atoms with Crippen LogP contribution in [-0.2, 0) is 11.6 Å². The summed E-state index contributed by atoms with van der Waals surface area (Å²) in [7, 11) is 0. The van der Waals surface area contributed by atoms with Gasteiger partial charge < -0.3 is 10.3 Å². The lowest BCUT2D eigenvalue weighted by atomic mass is 9.96. The minimum absolute atomic E-state index is 0.0153. The number of nitrogens with zero attached hydrogens (tertiary/aromatic N) is 2. The number of hydrogen-bond acceptors (Lipinski definition) is 4. The van der Waals surface area contributed by atoms with E-state index >= 15 is 0 Å². The fourth-order valence-corrected chi connectivity index (χ4v) is 1.56. The van der Waals surface area contributed by atoms with E-state index in [-0.39, 0.29) is 22.6 Å². The molecule has 1 heterocycles. The molecule has 0 aliphatic heterocycles. The molecule has 0 aliphatic rings. The molecular weight excluding hydrogens is 271 g/mol. The Morgan fingerprint density at radius 1 is 1.15 bits per heavy atom. The molecule has 4 nitrogen and oxygen atoms in total. The SMILES string of the molecule is CC(C)(C)c1noc(-c2cc(C(F)(F)F)ccc2N)n1. The highest BCUT2D eigenvalue weighted by molar-refractivity contribution is 5.71. The minimum Gasteiger partial charge on any atom is -0.398 e. The number of benzene rings is 1. The highest BCUT2D eigenvalue weighted by Gasteiger charge is 2.32. The molecule has 0 radical (unpaired) electrons. The van der Waals surface area contributed by atoms with Crippen LogP contribution in [0, 0.1) is 0 Å². The summed E-state index contributed by atoms with van der Waals surface area (Å²) in [5, 5.41) is 3.77. The molecule has 0 unspecified atom stereocenters. The molecule has 20 heavy (non-hydrogen) atoms. The van der Waals surface area contributed by atoms with Gasteiger partial charge in [0.2, 0.25) is 0 Å². The maximum absolute atomic E-state index is 12.7. The number of anilines is 1. The van der Waals surface area contributed by atoms with E-state index in [9.17, 15) is 13.2 Å². The van der Waals surface area contributed by atoms with E-state index in [0.717, 1.165) is 12.1 Å². The second-order valence-electron chi connectivity index (χ2n) is 5.47. The summed E-state index contributed by atoms with van der Waals surface area (Å²) in [6, 6.07) is 3.01. The molecule has 0 fully saturated rings. The first-order chi connectivity index (χ1) is 9.09. The predicted octanol–water partition coefficient (Wildman–Crippen LogP) is 3.64. The van der Waals surface area contributed by atoms with Gasteiger partial charge in [-0.05, 0) is 18.2 Å². The van der Waals surface area contributed by atoms with Crippen LogP contribution in [0.5, 0.6) is 0 Å². The van der Waals surface area contributed by atoms with Gasteiger partial charge in [0.1, 0.15) is 0 Å². The van der Waals surface area contributed by atoms with Gasteiger partial charge in [0, 0.05) is 11.1 Å². The van der Waals surface area contributed by atoms with E-state index in [4.69, 9.17) is 10.3 Å². The van der Waals surface area contributed by atoms with E-state index in [2.05, 4.69) is 10.1 Å². The van der Waals surface area contributed by atoms with Crippen LogP contribution in [-0.4, -0.2) is 10.1 Å². The third kappa shape index (κ3) is 2.76. The largest absolute Gasteiger partial charge is 0.416 e. The molecule has 2 N–H and O–H groups in total. The summed E-state index contributed by atoms with van der Waals surface area (Å²) >= 11 is 0. The number of hydrogen-bond donors (Lipinski definition) is 1. The lowest BCUT2D eigenvalue weighted by Crippen LogP contribution is -2.13. The van der Waals surface area contributed by atoms with Crippen molar-refractivity contribution < 1.29 is 17.7 Å². The van der Waals surface area contributed by atoms with Crippen LogP contribution in [0.4, 0.5) is 18.9 Å². The average molecular weight is 285 g/mol. The lowest BCUT2D eigenvalue weighted by molar-refractivity contribution is -0.137. The molecule has 0 amide bonds. The van der Waals surface area contributed by atoms with E-state index in [1.54, 1.807) is 0 Å². The summed E-state index contributed by atoms with van der Waals surface area (Å²) in [5.74, 6) is 0.392. The Morgan fingerprint density at radius 3 is 2.30 bits per heavy atom. The van der Waals surface area contributed by atoms with Crippen LogP contribution in [0.1, 0.15) is 32.2 Å². The molecule has 0 atom stereocenters. The number of nitrogens with two attached hydrogens (primary N) is 1. The summed E-state index contributed by atoms with van der Waals surface area (Å²) < 4.78 is 43.1. The topological polar surface area (TPSA) is 64.9 Å². The zero-order chi connectivity index (χ0) is 15.1. The Morgan fingerprint density at radius 2 is 1.80 bits per heavy atom. The van der Waals surface area contributed by atoms with Crippen molar-refractivity contribution in [1.82, 2.24) is 10.1 Å². The van der Waals surface area contributed by atoms with Gasteiger partial charge in [0.05, 0.1) is 11.1 Å². The molecule has 0 aliphatic carbocycles. The summed E-state index contributed by atoms with van der Waals surface area (Å²) in [6.07, 6.45) is -4.45. The van der Waals surface area contributed by atoms with Gasteiger partial charge >= 0.3 is 6.18 Å². The smallest absolute Gasteiger partial charge is 0.398 e. The normalized spacial score (nSPS) is 12.7. The van der Waals surface area contributed by atoms with Crippen molar-refractivity contribution in [3.05, 3.63) is 29.6 Å². The second kappa shape index (κ2) is 4.50. The molecule has 1 aromatic heterocycles. The van der Waals surface area contributed by atoms with Crippen molar-refractivity contribution in [1.29, 1.82) is 0 Å². The molecule has 7 heteroatoms. The van der Waals surface area contributed by atoms with E-state index in [1.165, 1.54) is 6.07 Å². The molecule has 0 spiro atoms. The Labute approximate surface area is 113 Å². The van der Waals surface area contributed by atoms with E-state index in [1.807, 2.05) is 20.8 Å². The number of nitrogen functional groups attached to an aromatic ring is 1. The van der Waals surface area contributed by atoms with Crippen LogP contribution in [0.2, 0.25) is 0 Å². The maximum Gasteiger partial charge on any atom is 0.416 e. The van der Waals surface area contributed by atoms with Gasteiger partial charge in [-0.25, -0.2) is 0 Å². The Bertz CT molecular complexity index is 627. The molecule has 108 valence electrons. The maximum atomic E-state index is 12.7. The van der Waals surface area contributed by atoms with E-state index in [0.29, 0.717) is 5.82 Å². The van der Waals surface area contributed by atoms with Crippen LogP contribution >= 0.6 is 0 Å². The van der Waals surface area contributed by atoms with Crippen molar-refractivity contribution in [3.8, 4) is 11.5 Å². The standard InChI is InChI=1S/C13H14F3N3O/c1-12(2,3)11-18-10(20-19-11)8-6-7(13(14,15)16)4-5-9(8)17/h4-6H,17H2,1-3H3. The van der Waals surface area contributed by atoms with Crippen molar-refractivity contribution in [3.63, 3.8) is 0 Å². The van der Waals surface area contributed by atoms with Gasteiger partial charge in [-0.3, -0.25) is 0 Å². The quantitative estimate of drug-likeness (QED) is 0.812. The van der Waals surface area contributed by atoms with Gasteiger partial charge in [-0.15, -0.1) is 0 Å². The summed E-state index contributed by atoms with van der Waals surface area (Å²) in [4.78, 5) is 4.11. The molecular formula is C13H14F3N3O. The second-order valence-corrected chi connectivity index (χ2v) is 5.47. The van der Waals surface area contributed by atoms with Gasteiger partial charge in [0.15, 0.2) is 5.82 Å².